The number of hydrogen-bond acceptors (Lipinski definition) is 5. The van der Waals surface area contributed by atoms with E-state index < -0.39 is 18.5 Å². The average Bonchev–Trinajstić information content (AvgIpc) is 2.50. The summed E-state index contributed by atoms with van der Waals surface area (Å²) in [6.07, 6.45) is 0. The van der Waals surface area contributed by atoms with Crippen molar-refractivity contribution in [3.05, 3.63) is 29.8 Å². The quantitative estimate of drug-likeness (QED) is 0.717. The van der Waals surface area contributed by atoms with Crippen LogP contribution < -0.4 is 5.32 Å². The van der Waals surface area contributed by atoms with Crippen LogP contribution in [-0.2, 0) is 14.3 Å². The number of ether oxygens (including phenoxy) is 1. The molecule has 7 heteroatoms. The molecule has 7 nitrogen and oxygen atoms in total. The number of amides is 2. The number of benzene rings is 1. The van der Waals surface area contributed by atoms with Crippen LogP contribution in [0.1, 0.15) is 24.2 Å². The van der Waals surface area contributed by atoms with Gasteiger partial charge < -0.3 is 20.1 Å². The van der Waals surface area contributed by atoms with Crippen molar-refractivity contribution < 1.29 is 24.2 Å². The molecular formula is C15H20N2O5. The number of nitrogens with one attached hydrogen (secondary N) is 1. The van der Waals surface area contributed by atoms with Crippen LogP contribution in [0.25, 0.3) is 0 Å². The fraction of sp³-hybridized carbons (Fsp3) is 0.400. The Morgan fingerprint density at radius 3 is 2.50 bits per heavy atom. The Kier molecular flexibility index (Phi) is 6.88. The Morgan fingerprint density at radius 2 is 1.91 bits per heavy atom. The molecule has 0 saturated carbocycles. The molecule has 1 rings (SSSR count). The Morgan fingerprint density at radius 1 is 1.23 bits per heavy atom. The Balaban J connectivity index is 2.55. The van der Waals surface area contributed by atoms with Gasteiger partial charge in [0.15, 0.2) is 6.61 Å². The molecule has 0 spiro atoms. The molecule has 0 aliphatic carbocycles. The SMILES string of the molecule is CCNC(=O)CN(CC)C(=O)COC(=O)c1ccccc1O. The molecule has 0 bridgehead atoms. The summed E-state index contributed by atoms with van der Waals surface area (Å²) < 4.78 is 4.87. The number of hydrogen-bond donors (Lipinski definition) is 2. The molecule has 0 aliphatic rings. The first-order valence-electron chi connectivity index (χ1n) is 6.99. The van der Waals surface area contributed by atoms with E-state index in [4.69, 9.17) is 4.74 Å². The fourth-order valence-electron chi connectivity index (χ4n) is 1.75. The third-order valence-corrected chi connectivity index (χ3v) is 2.89. The molecule has 120 valence electrons. The van der Waals surface area contributed by atoms with E-state index in [2.05, 4.69) is 5.32 Å². The van der Waals surface area contributed by atoms with E-state index in [1.54, 1.807) is 26.0 Å². The minimum absolute atomic E-state index is 0.0120. The zero-order valence-electron chi connectivity index (χ0n) is 12.7. The van der Waals surface area contributed by atoms with Crippen molar-refractivity contribution in [3.63, 3.8) is 0 Å². The van der Waals surface area contributed by atoms with Crippen LogP contribution in [0.2, 0.25) is 0 Å². The van der Waals surface area contributed by atoms with E-state index in [0.717, 1.165) is 0 Å². The normalized spacial score (nSPS) is 9.91. The molecule has 0 heterocycles. The van der Waals surface area contributed by atoms with Crippen LogP contribution >= 0.6 is 0 Å². The first-order chi connectivity index (χ1) is 10.5. The summed E-state index contributed by atoms with van der Waals surface area (Å²) in [6, 6.07) is 5.90. The van der Waals surface area contributed by atoms with Crippen molar-refractivity contribution >= 4 is 17.8 Å². The summed E-state index contributed by atoms with van der Waals surface area (Å²) in [5.74, 6) is -1.75. The first kappa shape index (κ1) is 17.5. The topological polar surface area (TPSA) is 95.9 Å². The summed E-state index contributed by atoms with van der Waals surface area (Å²) in [5, 5.41) is 12.1. The Labute approximate surface area is 128 Å². The smallest absolute Gasteiger partial charge is 0.342 e. The number of phenols is 1. The van der Waals surface area contributed by atoms with Gasteiger partial charge in [0, 0.05) is 13.1 Å². The molecule has 1 aromatic rings. The maximum Gasteiger partial charge on any atom is 0.342 e. The Bertz CT molecular complexity index is 544. The number of para-hydroxylation sites is 1. The number of carbonyl (C=O) groups excluding carboxylic acids is 3. The standard InChI is InChI=1S/C15H20N2O5/c1-3-16-13(19)9-17(4-2)14(20)10-22-15(21)11-7-5-6-8-12(11)18/h5-8,18H,3-4,9-10H2,1-2H3,(H,16,19). The largest absolute Gasteiger partial charge is 0.507 e. The maximum atomic E-state index is 11.9. The molecule has 0 atom stereocenters. The lowest BCUT2D eigenvalue weighted by molar-refractivity contribution is -0.138. The van der Waals surface area contributed by atoms with Crippen LogP contribution in [0, 0.1) is 0 Å². The highest BCUT2D eigenvalue weighted by Crippen LogP contribution is 2.16. The van der Waals surface area contributed by atoms with Gasteiger partial charge in [-0.1, -0.05) is 12.1 Å². The second-order valence-corrected chi connectivity index (χ2v) is 4.45. The third-order valence-electron chi connectivity index (χ3n) is 2.89. The molecule has 0 saturated heterocycles. The summed E-state index contributed by atoms with van der Waals surface area (Å²) in [6.45, 7) is 3.74. The fourth-order valence-corrected chi connectivity index (χ4v) is 1.75. The number of phenolic OH excluding ortho intramolecular Hbond substituents is 1. The van der Waals surface area contributed by atoms with Gasteiger partial charge in [0.05, 0.1) is 6.54 Å². The van der Waals surface area contributed by atoms with Gasteiger partial charge in [0.2, 0.25) is 5.91 Å². The van der Waals surface area contributed by atoms with E-state index in [9.17, 15) is 19.5 Å². The van der Waals surface area contributed by atoms with Crippen molar-refractivity contribution in [2.24, 2.45) is 0 Å². The minimum atomic E-state index is -0.791. The molecule has 2 amide bonds. The second kappa shape index (κ2) is 8.66. The van der Waals surface area contributed by atoms with Crippen molar-refractivity contribution in [1.82, 2.24) is 10.2 Å². The lowest BCUT2D eigenvalue weighted by Crippen LogP contribution is -2.42. The van der Waals surface area contributed by atoms with Gasteiger partial charge in [-0.3, -0.25) is 9.59 Å². The highest BCUT2D eigenvalue weighted by atomic mass is 16.5. The lowest BCUT2D eigenvalue weighted by atomic mass is 10.2. The van der Waals surface area contributed by atoms with Crippen LogP contribution in [0.5, 0.6) is 5.75 Å². The summed E-state index contributed by atoms with van der Waals surface area (Å²) in [4.78, 5) is 36.5. The van der Waals surface area contributed by atoms with Crippen LogP contribution in [0.3, 0.4) is 0 Å². The van der Waals surface area contributed by atoms with Crippen molar-refractivity contribution in [3.8, 4) is 5.75 Å². The average molecular weight is 308 g/mol. The molecule has 1 aromatic carbocycles. The van der Waals surface area contributed by atoms with E-state index in [-0.39, 0.29) is 23.8 Å². The summed E-state index contributed by atoms with van der Waals surface area (Å²) >= 11 is 0. The maximum absolute atomic E-state index is 11.9. The Hall–Kier alpha value is -2.57. The predicted octanol–water partition coefficient (Wildman–Crippen LogP) is 0.534. The minimum Gasteiger partial charge on any atom is -0.507 e. The number of rotatable bonds is 7. The number of carbonyl (C=O) groups is 3. The van der Waals surface area contributed by atoms with Crippen LogP contribution in [-0.4, -0.2) is 54.0 Å². The van der Waals surface area contributed by atoms with Crippen molar-refractivity contribution in [2.45, 2.75) is 13.8 Å². The van der Waals surface area contributed by atoms with Crippen LogP contribution in [0.15, 0.2) is 24.3 Å². The second-order valence-electron chi connectivity index (χ2n) is 4.45. The van der Waals surface area contributed by atoms with Gasteiger partial charge in [0.1, 0.15) is 11.3 Å². The third kappa shape index (κ3) is 5.08. The van der Waals surface area contributed by atoms with Gasteiger partial charge in [-0.25, -0.2) is 4.79 Å². The molecule has 22 heavy (non-hydrogen) atoms. The molecule has 0 aromatic heterocycles. The molecule has 0 fully saturated rings. The monoisotopic (exact) mass is 308 g/mol. The zero-order valence-corrected chi connectivity index (χ0v) is 12.7. The predicted molar refractivity (Wildman–Crippen MR) is 79.3 cm³/mol. The molecule has 2 N–H and O–H groups in total. The van der Waals surface area contributed by atoms with E-state index in [1.165, 1.54) is 17.0 Å². The molecular weight excluding hydrogens is 288 g/mol. The molecule has 0 radical (unpaired) electrons. The van der Waals surface area contributed by atoms with Gasteiger partial charge in [0.25, 0.3) is 5.91 Å². The molecule has 0 aliphatic heterocycles. The molecule has 0 unspecified atom stereocenters. The van der Waals surface area contributed by atoms with Crippen molar-refractivity contribution in [2.75, 3.05) is 26.2 Å². The number of esters is 1. The summed E-state index contributed by atoms with van der Waals surface area (Å²) in [7, 11) is 0. The highest BCUT2D eigenvalue weighted by molar-refractivity contribution is 5.94. The number of nitrogens with zero attached hydrogens (tertiary/aromatic N) is 1. The van der Waals surface area contributed by atoms with Gasteiger partial charge >= 0.3 is 5.97 Å². The van der Waals surface area contributed by atoms with Gasteiger partial charge in [-0.15, -0.1) is 0 Å². The van der Waals surface area contributed by atoms with Crippen molar-refractivity contribution in [1.29, 1.82) is 0 Å². The van der Waals surface area contributed by atoms with Crippen LogP contribution in [0.4, 0.5) is 0 Å². The number of likely N-dealkylation sites (N-methyl/N-ethyl adjacent to an activating group) is 2. The van der Waals surface area contributed by atoms with E-state index in [1.807, 2.05) is 0 Å². The van der Waals surface area contributed by atoms with E-state index in [0.29, 0.717) is 13.1 Å². The number of aromatic hydroxyl groups is 1. The van der Waals surface area contributed by atoms with Gasteiger partial charge in [-0.05, 0) is 26.0 Å². The highest BCUT2D eigenvalue weighted by Gasteiger charge is 2.18. The summed E-state index contributed by atoms with van der Waals surface area (Å²) in [5.41, 5.74) is -0.0120. The van der Waals surface area contributed by atoms with E-state index >= 15 is 0 Å². The lowest BCUT2D eigenvalue weighted by Gasteiger charge is -2.20. The first-order valence-corrected chi connectivity index (χ1v) is 6.99. The van der Waals surface area contributed by atoms with Gasteiger partial charge in [-0.2, -0.15) is 0 Å². The zero-order chi connectivity index (χ0) is 16.5.